The van der Waals surface area contributed by atoms with Gasteiger partial charge < -0.3 is 15.4 Å². The van der Waals surface area contributed by atoms with Crippen molar-refractivity contribution < 1.29 is 9.53 Å². The van der Waals surface area contributed by atoms with E-state index in [1.165, 1.54) is 0 Å². The average Bonchev–Trinajstić information content (AvgIpc) is 2.55. The zero-order valence-corrected chi connectivity index (χ0v) is 15.4. The second-order valence-corrected chi connectivity index (χ2v) is 7.50. The van der Waals surface area contributed by atoms with Crippen LogP contribution in [-0.4, -0.2) is 23.0 Å². The maximum atomic E-state index is 12.4. The van der Waals surface area contributed by atoms with Gasteiger partial charge in [0.1, 0.15) is 11.9 Å². The number of rotatable bonds is 5. The van der Waals surface area contributed by atoms with Crippen molar-refractivity contribution in [3.05, 3.63) is 59.7 Å². The molecule has 0 aliphatic rings. The molecule has 24 heavy (non-hydrogen) atoms. The Morgan fingerprint density at radius 3 is 2.25 bits per heavy atom. The van der Waals surface area contributed by atoms with E-state index in [0.717, 1.165) is 11.3 Å². The fourth-order valence-corrected chi connectivity index (χ4v) is 2.37. The SMILES string of the molecule is COc1ccc(C(=O)N[C@@H](Nc2ccccc2C)C(Cl)(Cl)Cl)cc1. The summed E-state index contributed by atoms with van der Waals surface area (Å²) < 4.78 is 3.34. The number of hydrogen-bond acceptors (Lipinski definition) is 3. The van der Waals surface area contributed by atoms with Gasteiger partial charge >= 0.3 is 0 Å². The van der Waals surface area contributed by atoms with E-state index in [1.807, 2.05) is 31.2 Å². The number of hydrogen-bond donors (Lipinski definition) is 2. The van der Waals surface area contributed by atoms with Gasteiger partial charge in [0.05, 0.1) is 7.11 Å². The number of aryl methyl sites for hydroxylation is 1. The largest absolute Gasteiger partial charge is 0.497 e. The summed E-state index contributed by atoms with van der Waals surface area (Å²) >= 11 is 18.0. The molecule has 7 heteroatoms. The Morgan fingerprint density at radius 1 is 1.08 bits per heavy atom. The molecular formula is C17H17Cl3N2O2. The van der Waals surface area contributed by atoms with Crippen LogP contribution in [0.3, 0.4) is 0 Å². The van der Waals surface area contributed by atoms with Crippen LogP contribution in [0.4, 0.5) is 5.69 Å². The van der Waals surface area contributed by atoms with Gasteiger partial charge in [-0.2, -0.15) is 0 Å². The highest BCUT2D eigenvalue weighted by Gasteiger charge is 2.34. The Morgan fingerprint density at radius 2 is 1.71 bits per heavy atom. The second kappa shape index (κ2) is 7.97. The lowest BCUT2D eigenvalue weighted by molar-refractivity contribution is 0.0942. The summed E-state index contributed by atoms with van der Waals surface area (Å²) in [5.74, 6) is 0.289. The molecule has 0 aromatic heterocycles. The number of methoxy groups -OCH3 is 1. The van der Waals surface area contributed by atoms with E-state index >= 15 is 0 Å². The molecule has 128 valence electrons. The smallest absolute Gasteiger partial charge is 0.252 e. The number of carbonyl (C=O) groups is 1. The summed E-state index contributed by atoms with van der Waals surface area (Å²) in [4.78, 5) is 12.4. The summed E-state index contributed by atoms with van der Waals surface area (Å²) in [7, 11) is 1.56. The zero-order valence-electron chi connectivity index (χ0n) is 13.1. The van der Waals surface area contributed by atoms with E-state index < -0.39 is 9.96 Å². The van der Waals surface area contributed by atoms with Crippen LogP contribution in [0.1, 0.15) is 15.9 Å². The third-order valence-electron chi connectivity index (χ3n) is 3.40. The van der Waals surface area contributed by atoms with Crippen LogP contribution in [0.2, 0.25) is 0 Å². The molecule has 0 aliphatic heterocycles. The molecule has 0 saturated carbocycles. The second-order valence-electron chi connectivity index (χ2n) is 5.14. The van der Waals surface area contributed by atoms with Crippen LogP contribution in [-0.2, 0) is 0 Å². The number of amides is 1. The Hall–Kier alpha value is -1.62. The van der Waals surface area contributed by atoms with Crippen molar-refractivity contribution in [2.75, 3.05) is 12.4 Å². The number of ether oxygens (including phenoxy) is 1. The van der Waals surface area contributed by atoms with E-state index in [-0.39, 0.29) is 5.91 Å². The highest BCUT2D eigenvalue weighted by molar-refractivity contribution is 6.68. The normalized spacial score (nSPS) is 12.4. The van der Waals surface area contributed by atoms with Crippen molar-refractivity contribution in [2.45, 2.75) is 16.9 Å². The van der Waals surface area contributed by atoms with E-state index in [0.29, 0.717) is 11.3 Å². The van der Waals surface area contributed by atoms with Gasteiger partial charge in [-0.25, -0.2) is 0 Å². The molecule has 0 bridgehead atoms. The van der Waals surface area contributed by atoms with Gasteiger partial charge in [0.25, 0.3) is 5.91 Å². The van der Waals surface area contributed by atoms with Crippen molar-refractivity contribution >= 4 is 46.4 Å². The molecule has 1 amide bonds. The van der Waals surface area contributed by atoms with E-state index in [4.69, 9.17) is 39.5 Å². The Bertz CT molecular complexity index is 700. The summed E-state index contributed by atoms with van der Waals surface area (Å²) in [6.45, 7) is 1.92. The van der Waals surface area contributed by atoms with Crippen molar-refractivity contribution in [1.29, 1.82) is 0 Å². The van der Waals surface area contributed by atoms with Gasteiger partial charge in [-0.3, -0.25) is 4.79 Å². The molecule has 1 atom stereocenters. The number of halogens is 3. The van der Waals surface area contributed by atoms with Crippen molar-refractivity contribution in [1.82, 2.24) is 5.32 Å². The maximum Gasteiger partial charge on any atom is 0.252 e. The highest BCUT2D eigenvalue weighted by atomic mass is 35.6. The van der Waals surface area contributed by atoms with Crippen LogP contribution in [0, 0.1) is 6.92 Å². The molecule has 0 radical (unpaired) electrons. The topological polar surface area (TPSA) is 50.4 Å². The van der Waals surface area contributed by atoms with Gasteiger partial charge in [-0.1, -0.05) is 53.0 Å². The minimum atomic E-state index is -1.73. The summed E-state index contributed by atoms with van der Waals surface area (Å²) in [6, 6.07) is 14.2. The van der Waals surface area contributed by atoms with Crippen LogP contribution < -0.4 is 15.4 Å². The van der Waals surface area contributed by atoms with Gasteiger partial charge in [0.2, 0.25) is 3.79 Å². The minimum Gasteiger partial charge on any atom is -0.497 e. The first kappa shape index (κ1) is 18.7. The van der Waals surface area contributed by atoms with E-state index in [1.54, 1.807) is 31.4 Å². The van der Waals surface area contributed by atoms with Gasteiger partial charge in [-0.05, 0) is 42.8 Å². The number of alkyl halides is 3. The molecule has 0 aliphatic carbocycles. The maximum absolute atomic E-state index is 12.4. The van der Waals surface area contributed by atoms with E-state index in [2.05, 4.69) is 10.6 Å². The summed E-state index contributed by atoms with van der Waals surface area (Å²) in [6.07, 6.45) is -0.904. The van der Waals surface area contributed by atoms with Crippen molar-refractivity contribution in [3.8, 4) is 5.75 Å². The fraction of sp³-hybridized carbons (Fsp3) is 0.235. The standard InChI is InChI=1S/C17H17Cl3N2O2/c1-11-5-3-4-6-14(11)21-16(17(18,19)20)22-15(23)12-7-9-13(24-2)10-8-12/h3-10,16,21H,1-2H3,(H,22,23)/t16-/m1/s1. The molecule has 2 aromatic rings. The summed E-state index contributed by atoms with van der Waals surface area (Å²) in [5.41, 5.74) is 2.17. The van der Waals surface area contributed by atoms with Gasteiger partial charge in [0.15, 0.2) is 0 Å². The molecule has 2 aromatic carbocycles. The number of para-hydroxylation sites is 1. The molecule has 2 rings (SSSR count). The summed E-state index contributed by atoms with van der Waals surface area (Å²) in [5, 5.41) is 5.76. The first-order chi connectivity index (χ1) is 11.3. The van der Waals surface area contributed by atoms with Crippen molar-refractivity contribution in [2.24, 2.45) is 0 Å². The lowest BCUT2D eigenvalue weighted by atomic mass is 10.2. The fourth-order valence-electron chi connectivity index (χ4n) is 2.05. The Balaban J connectivity index is 2.16. The molecule has 0 heterocycles. The first-order valence-corrected chi connectivity index (χ1v) is 8.28. The number of nitrogens with one attached hydrogen (secondary N) is 2. The highest BCUT2D eigenvalue weighted by Crippen LogP contribution is 2.32. The predicted molar refractivity (Wildman–Crippen MR) is 99.3 cm³/mol. The number of benzene rings is 2. The Labute approximate surface area is 156 Å². The Kier molecular flexibility index (Phi) is 6.21. The van der Waals surface area contributed by atoms with Crippen LogP contribution in [0.25, 0.3) is 0 Å². The number of carbonyl (C=O) groups excluding carboxylic acids is 1. The third kappa shape index (κ3) is 4.94. The molecule has 4 nitrogen and oxygen atoms in total. The van der Waals surface area contributed by atoms with Crippen LogP contribution >= 0.6 is 34.8 Å². The third-order valence-corrected chi connectivity index (χ3v) is 4.05. The lowest BCUT2D eigenvalue weighted by Crippen LogP contribution is -2.49. The first-order valence-electron chi connectivity index (χ1n) is 7.15. The molecule has 2 N–H and O–H groups in total. The molecular weight excluding hydrogens is 371 g/mol. The van der Waals surface area contributed by atoms with Gasteiger partial charge in [-0.15, -0.1) is 0 Å². The molecule has 0 fully saturated rings. The monoisotopic (exact) mass is 386 g/mol. The van der Waals surface area contributed by atoms with E-state index in [9.17, 15) is 4.79 Å². The van der Waals surface area contributed by atoms with Crippen molar-refractivity contribution in [3.63, 3.8) is 0 Å². The van der Waals surface area contributed by atoms with Crippen LogP contribution in [0.5, 0.6) is 5.75 Å². The molecule has 0 spiro atoms. The lowest BCUT2D eigenvalue weighted by Gasteiger charge is -2.28. The van der Waals surface area contributed by atoms with Gasteiger partial charge in [0, 0.05) is 11.3 Å². The average molecular weight is 388 g/mol. The number of anilines is 1. The zero-order chi connectivity index (χ0) is 17.7. The predicted octanol–water partition coefficient (Wildman–Crippen LogP) is 4.54. The molecule has 0 unspecified atom stereocenters. The van der Waals surface area contributed by atoms with Crippen LogP contribution in [0.15, 0.2) is 48.5 Å². The quantitative estimate of drug-likeness (QED) is 0.585. The minimum absolute atomic E-state index is 0.366. The molecule has 0 saturated heterocycles.